The molecule has 12 heteroatoms. The van der Waals surface area contributed by atoms with Crippen LogP contribution in [-0.2, 0) is 21.8 Å². The number of pyridine rings is 1. The van der Waals surface area contributed by atoms with Crippen molar-refractivity contribution >= 4 is 21.5 Å². The summed E-state index contributed by atoms with van der Waals surface area (Å²) in [5, 5.41) is 3.91. The molecule has 3 aromatic rings. The Labute approximate surface area is 191 Å². The standard InChI is InChI=1S/C21H23N7O4S/c1-15-18(20(24-14-23-15)28-6-8-32-9-7-28)5-4-16-10-19(21(31-3)22-11-16)26-33(29,30)17-12-25-27(2)13-17/h10-14,26H,6-9H2,1-3H3. The van der Waals surface area contributed by atoms with Gasteiger partial charge in [-0.25, -0.2) is 23.4 Å². The second-order valence-corrected chi connectivity index (χ2v) is 8.93. The summed E-state index contributed by atoms with van der Waals surface area (Å²) in [6, 6.07) is 1.57. The molecule has 4 rings (SSSR count). The first-order chi connectivity index (χ1) is 15.9. The van der Waals surface area contributed by atoms with Crippen LogP contribution < -0.4 is 14.4 Å². The Bertz CT molecular complexity index is 1320. The Morgan fingerprint density at radius 3 is 2.64 bits per heavy atom. The molecule has 0 atom stereocenters. The molecule has 33 heavy (non-hydrogen) atoms. The number of nitrogens with zero attached hydrogens (tertiary/aromatic N) is 6. The van der Waals surface area contributed by atoms with Crippen molar-refractivity contribution in [2.24, 2.45) is 7.05 Å². The van der Waals surface area contributed by atoms with Crippen molar-refractivity contribution in [1.82, 2.24) is 24.7 Å². The Morgan fingerprint density at radius 2 is 1.94 bits per heavy atom. The van der Waals surface area contributed by atoms with Crippen molar-refractivity contribution in [2.45, 2.75) is 11.8 Å². The lowest BCUT2D eigenvalue weighted by Gasteiger charge is -2.28. The average Bonchev–Trinajstić information content (AvgIpc) is 3.26. The number of hydrogen-bond acceptors (Lipinski definition) is 9. The Kier molecular flexibility index (Phi) is 6.43. The van der Waals surface area contributed by atoms with Gasteiger partial charge in [-0.05, 0) is 13.0 Å². The molecule has 1 saturated heterocycles. The summed E-state index contributed by atoms with van der Waals surface area (Å²) in [4.78, 5) is 15.0. The summed E-state index contributed by atoms with van der Waals surface area (Å²) < 4.78 is 40.0. The number of methoxy groups -OCH3 is 1. The normalized spacial score (nSPS) is 13.8. The highest BCUT2D eigenvalue weighted by atomic mass is 32.2. The number of aryl methyl sites for hydroxylation is 2. The van der Waals surface area contributed by atoms with Crippen molar-refractivity contribution in [1.29, 1.82) is 0 Å². The van der Waals surface area contributed by atoms with Gasteiger partial charge in [0.05, 0.1) is 37.8 Å². The van der Waals surface area contributed by atoms with Crippen molar-refractivity contribution in [3.05, 3.63) is 47.8 Å². The molecule has 0 radical (unpaired) electrons. The molecule has 1 aliphatic heterocycles. The van der Waals surface area contributed by atoms with E-state index in [0.29, 0.717) is 24.3 Å². The number of hydrogen-bond donors (Lipinski definition) is 1. The zero-order valence-corrected chi connectivity index (χ0v) is 19.3. The van der Waals surface area contributed by atoms with E-state index in [9.17, 15) is 8.42 Å². The molecule has 0 aromatic carbocycles. The lowest BCUT2D eigenvalue weighted by molar-refractivity contribution is 0.122. The van der Waals surface area contributed by atoms with Gasteiger partial charge in [-0.1, -0.05) is 11.8 Å². The zero-order valence-electron chi connectivity index (χ0n) is 18.4. The van der Waals surface area contributed by atoms with Crippen LogP contribution in [0.4, 0.5) is 11.5 Å². The van der Waals surface area contributed by atoms with E-state index in [0.717, 1.165) is 24.6 Å². The van der Waals surface area contributed by atoms with Crippen LogP contribution in [-0.4, -0.2) is 66.6 Å². The van der Waals surface area contributed by atoms with Gasteiger partial charge >= 0.3 is 0 Å². The molecule has 1 N–H and O–H groups in total. The van der Waals surface area contributed by atoms with Gasteiger partial charge in [-0.3, -0.25) is 9.40 Å². The minimum atomic E-state index is -3.88. The molecular weight excluding hydrogens is 446 g/mol. The number of aromatic nitrogens is 5. The minimum absolute atomic E-state index is 0.0238. The SMILES string of the molecule is COc1ncc(C#Cc2c(C)ncnc2N2CCOCC2)cc1NS(=O)(=O)c1cnn(C)c1. The molecular formula is C21H23N7O4S. The lowest BCUT2D eigenvalue weighted by atomic mass is 10.2. The van der Waals surface area contributed by atoms with Gasteiger partial charge in [-0.15, -0.1) is 0 Å². The lowest BCUT2D eigenvalue weighted by Crippen LogP contribution is -2.37. The molecule has 0 unspecified atom stereocenters. The van der Waals surface area contributed by atoms with Crippen LogP contribution in [0, 0.1) is 18.8 Å². The van der Waals surface area contributed by atoms with E-state index in [1.54, 1.807) is 13.1 Å². The van der Waals surface area contributed by atoms with Crippen LogP contribution in [0.3, 0.4) is 0 Å². The minimum Gasteiger partial charge on any atom is -0.479 e. The predicted molar refractivity (Wildman–Crippen MR) is 121 cm³/mol. The van der Waals surface area contributed by atoms with Crippen LogP contribution in [0.1, 0.15) is 16.8 Å². The molecule has 172 valence electrons. The van der Waals surface area contributed by atoms with Gasteiger partial charge in [0.1, 0.15) is 22.7 Å². The van der Waals surface area contributed by atoms with E-state index < -0.39 is 10.0 Å². The van der Waals surface area contributed by atoms with Crippen molar-refractivity contribution in [3.63, 3.8) is 0 Å². The zero-order chi connectivity index (χ0) is 23.4. The summed E-state index contributed by atoms with van der Waals surface area (Å²) in [5.74, 6) is 7.05. The van der Waals surface area contributed by atoms with Gasteiger partial charge in [0.15, 0.2) is 0 Å². The van der Waals surface area contributed by atoms with Crippen LogP contribution in [0.15, 0.2) is 35.9 Å². The van der Waals surface area contributed by atoms with E-state index >= 15 is 0 Å². The van der Waals surface area contributed by atoms with Crippen LogP contribution >= 0.6 is 0 Å². The number of anilines is 2. The molecule has 11 nitrogen and oxygen atoms in total. The summed E-state index contributed by atoms with van der Waals surface area (Å²) in [6.45, 7) is 4.55. The first-order valence-corrected chi connectivity index (χ1v) is 11.6. The number of nitrogens with one attached hydrogen (secondary N) is 1. The average molecular weight is 470 g/mol. The van der Waals surface area contributed by atoms with E-state index in [2.05, 4.69) is 41.5 Å². The molecule has 0 aliphatic carbocycles. The van der Waals surface area contributed by atoms with E-state index in [-0.39, 0.29) is 16.5 Å². The Hall–Kier alpha value is -3.69. The third-order valence-electron chi connectivity index (χ3n) is 4.94. The second kappa shape index (κ2) is 9.43. The Balaban J connectivity index is 1.66. The van der Waals surface area contributed by atoms with Crippen molar-refractivity contribution < 1.29 is 17.9 Å². The summed E-state index contributed by atoms with van der Waals surface area (Å²) in [5.41, 5.74) is 2.11. The van der Waals surface area contributed by atoms with Gasteiger partial charge in [0.2, 0.25) is 5.88 Å². The highest BCUT2D eigenvalue weighted by Crippen LogP contribution is 2.26. The maximum absolute atomic E-state index is 12.7. The third-order valence-corrected chi connectivity index (χ3v) is 6.26. The summed E-state index contributed by atoms with van der Waals surface area (Å²) in [6.07, 6.45) is 5.70. The molecule has 4 heterocycles. The first kappa shape index (κ1) is 22.5. The van der Waals surface area contributed by atoms with E-state index in [1.807, 2.05) is 6.92 Å². The van der Waals surface area contributed by atoms with Gasteiger partial charge in [0, 0.05) is 38.1 Å². The quantitative estimate of drug-likeness (QED) is 0.544. The van der Waals surface area contributed by atoms with Crippen LogP contribution in [0.2, 0.25) is 0 Å². The molecule has 0 bridgehead atoms. The summed E-state index contributed by atoms with van der Waals surface area (Å²) in [7, 11) is -0.829. The molecule has 0 spiro atoms. The highest BCUT2D eigenvalue weighted by molar-refractivity contribution is 7.92. The third kappa shape index (κ3) is 5.05. The second-order valence-electron chi connectivity index (χ2n) is 7.24. The Morgan fingerprint density at radius 1 is 1.15 bits per heavy atom. The largest absolute Gasteiger partial charge is 0.479 e. The van der Waals surface area contributed by atoms with E-state index in [1.165, 1.54) is 36.7 Å². The molecule has 0 saturated carbocycles. The number of morpholine rings is 1. The van der Waals surface area contributed by atoms with Crippen LogP contribution in [0.5, 0.6) is 5.88 Å². The molecule has 0 amide bonds. The smallest absolute Gasteiger partial charge is 0.265 e. The fourth-order valence-electron chi connectivity index (χ4n) is 3.25. The van der Waals surface area contributed by atoms with Crippen molar-refractivity contribution in [3.8, 4) is 17.7 Å². The maximum Gasteiger partial charge on any atom is 0.265 e. The maximum atomic E-state index is 12.7. The van der Waals surface area contributed by atoms with Gasteiger partial charge in [0.25, 0.3) is 10.0 Å². The summed E-state index contributed by atoms with van der Waals surface area (Å²) >= 11 is 0. The number of ether oxygens (including phenoxy) is 2. The fraction of sp³-hybridized carbons (Fsp3) is 0.333. The molecule has 3 aromatic heterocycles. The predicted octanol–water partition coefficient (Wildman–Crippen LogP) is 0.959. The van der Waals surface area contributed by atoms with Gasteiger partial charge in [-0.2, -0.15) is 5.10 Å². The fourth-order valence-corrected chi connectivity index (χ4v) is 4.29. The highest BCUT2D eigenvalue weighted by Gasteiger charge is 2.20. The van der Waals surface area contributed by atoms with E-state index in [4.69, 9.17) is 9.47 Å². The molecule has 1 fully saturated rings. The number of sulfonamides is 1. The molecule has 1 aliphatic rings. The first-order valence-electron chi connectivity index (χ1n) is 10.1. The number of rotatable bonds is 5. The van der Waals surface area contributed by atoms with Crippen LogP contribution in [0.25, 0.3) is 0 Å². The van der Waals surface area contributed by atoms with Crippen molar-refractivity contribution in [2.75, 3.05) is 43.0 Å². The van der Waals surface area contributed by atoms with Gasteiger partial charge < -0.3 is 14.4 Å². The topological polar surface area (TPSA) is 124 Å². The monoisotopic (exact) mass is 469 g/mol.